The van der Waals surface area contributed by atoms with E-state index in [4.69, 9.17) is 9.84 Å². The number of carbonyl (C=O) groups is 1. The first-order valence-corrected chi connectivity index (χ1v) is 8.48. The molecule has 3 N–H and O–H groups in total. The van der Waals surface area contributed by atoms with Crippen LogP contribution >= 0.6 is 0 Å². The van der Waals surface area contributed by atoms with Crippen molar-refractivity contribution in [3.8, 4) is 6.19 Å². The molecule has 0 saturated carbocycles. The molecule has 2 fully saturated rings. The third-order valence-electron chi connectivity index (χ3n) is 4.85. The molecule has 130 valence electrons. The van der Waals surface area contributed by atoms with E-state index in [1.165, 1.54) is 0 Å². The normalized spacial score (nSPS) is 26.7. The van der Waals surface area contributed by atoms with Gasteiger partial charge in [0, 0.05) is 25.8 Å². The van der Waals surface area contributed by atoms with E-state index in [2.05, 4.69) is 11.5 Å². The van der Waals surface area contributed by atoms with Gasteiger partial charge in [-0.25, -0.2) is 0 Å². The van der Waals surface area contributed by atoms with Crippen LogP contribution in [0.25, 0.3) is 0 Å². The molecule has 2 heterocycles. The number of aliphatic hydroxyl groups excluding tert-OH is 2. The average Bonchev–Trinajstić information content (AvgIpc) is 2.98. The molecule has 2 saturated heterocycles. The molecule has 0 spiro atoms. The number of rotatable bonds is 7. The number of amides is 1. The molecule has 2 aliphatic rings. The lowest BCUT2D eigenvalue weighted by Crippen LogP contribution is -2.44. The zero-order chi connectivity index (χ0) is 16.7. The SMILES string of the molecule is N#CN1C(CC2CCOCC2)CCC1C(=O)NCC[C@H](O)CO. The zero-order valence-electron chi connectivity index (χ0n) is 13.5. The van der Waals surface area contributed by atoms with Crippen LogP contribution in [-0.4, -0.2) is 65.6 Å². The lowest BCUT2D eigenvalue weighted by Gasteiger charge is -2.29. The number of nitrogens with zero attached hydrogens (tertiary/aromatic N) is 2. The molecule has 3 atom stereocenters. The van der Waals surface area contributed by atoms with E-state index in [0.29, 0.717) is 25.3 Å². The number of aliphatic hydroxyl groups is 2. The maximum absolute atomic E-state index is 12.3. The summed E-state index contributed by atoms with van der Waals surface area (Å²) in [6.07, 6.45) is 6.27. The molecule has 0 aromatic heterocycles. The van der Waals surface area contributed by atoms with E-state index < -0.39 is 12.1 Å². The van der Waals surface area contributed by atoms with Crippen LogP contribution in [0.2, 0.25) is 0 Å². The zero-order valence-corrected chi connectivity index (χ0v) is 13.5. The van der Waals surface area contributed by atoms with Crippen molar-refractivity contribution in [2.45, 2.75) is 56.7 Å². The minimum absolute atomic E-state index is 0.141. The highest BCUT2D eigenvalue weighted by Gasteiger charge is 2.38. The van der Waals surface area contributed by atoms with Crippen LogP contribution in [0.1, 0.15) is 38.5 Å². The third kappa shape index (κ3) is 5.06. The van der Waals surface area contributed by atoms with Crippen molar-refractivity contribution < 1.29 is 19.7 Å². The van der Waals surface area contributed by atoms with Gasteiger partial charge in [-0.15, -0.1) is 0 Å². The topological polar surface area (TPSA) is 106 Å². The second-order valence-electron chi connectivity index (χ2n) is 6.46. The van der Waals surface area contributed by atoms with E-state index in [-0.39, 0.29) is 18.6 Å². The predicted molar refractivity (Wildman–Crippen MR) is 83.1 cm³/mol. The highest BCUT2D eigenvalue weighted by Crippen LogP contribution is 2.31. The van der Waals surface area contributed by atoms with Crippen LogP contribution in [0.15, 0.2) is 0 Å². The molecule has 0 radical (unpaired) electrons. The molecule has 23 heavy (non-hydrogen) atoms. The number of nitrogens with one attached hydrogen (secondary N) is 1. The van der Waals surface area contributed by atoms with Gasteiger partial charge in [0.25, 0.3) is 0 Å². The molecule has 2 aliphatic heterocycles. The fourth-order valence-corrected chi connectivity index (χ4v) is 3.46. The van der Waals surface area contributed by atoms with E-state index in [0.717, 1.165) is 38.9 Å². The molecular weight excluding hydrogens is 298 g/mol. The molecule has 0 bridgehead atoms. The molecule has 2 unspecified atom stereocenters. The van der Waals surface area contributed by atoms with Crippen molar-refractivity contribution in [3.63, 3.8) is 0 Å². The Hall–Kier alpha value is -1.36. The number of nitriles is 1. The molecule has 7 nitrogen and oxygen atoms in total. The summed E-state index contributed by atoms with van der Waals surface area (Å²) in [5.74, 6) is 0.414. The van der Waals surface area contributed by atoms with Crippen molar-refractivity contribution in [1.29, 1.82) is 5.26 Å². The molecule has 0 aromatic rings. The Labute approximate surface area is 137 Å². The van der Waals surface area contributed by atoms with Crippen molar-refractivity contribution in [1.82, 2.24) is 10.2 Å². The largest absolute Gasteiger partial charge is 0.394 e. The second-order valence-corrected chi connectivity index (χ2v) is 6.46. The number of hydrogen-bond acceptors (Lipinski definition) is 6. The van der Waals surface area contributed by atoms with Crippen molar-refractivity contribution in [2.24, 2.45) is 5.92 Å². The quantitative estimate of drug-likeness (QED) is 0.568. The Morgan fingerprint density at radius 3 is 2.74 bits per heavy atom. The summed E-state index contributed by atoms with van der Waals surface area (Å²) in [6, 6.07) is -0.266. The van der Waals surface area contributed by atoms with Gasteiger partial charge >= 0.3 is 0 Å². The van der Waals surface area contributed by atoms with Crippen molar-refractivity contribution >= 4 is 5.91 Å². The summed E-state index contributed by atoms with van der Waals surface area (Å²) in [4.78, 5) is 13.9. The second kappa shape index (κ2) is 9.06. The molecule has 0 aliphatic carbocycles. The Balaban J connectivity index is 1.80. The molecule has 1 amide bonds. The van der Waals surface area contributed by atoms with Gasteiger partial charge in [0.15, 0.2) is 6.19 Å². The first-order chi connectivity index (χ1) is 11.2. The van der Waals surface area contributed by atoms with E-state index in [1.807, 2.05) is 0 Å². The third-order valence-corrected chi connectivity index (χ3v) is 4.85. The number of hydrogen-bond donors (Lipinski definition) is 3. The van der Waals surface area contributed by atoms with Crippen LogP contribution in [-0.2, 0) is 9.53 Å². The van der Waals surface area contributed by atoms with Crippen LogP contribution in [0.4, 0.5) is 0 Å². The first kappa shape index (κ1) is 18.0. The van der Waals surface area contributed by atoms with E-state index in [9.17, 15) is 15.2 Å². The molecule has 7 heteroatoms. The fourth-order valence-electron chi connectivity index (χ4n) is 3.46. The smallest absolute Gasteiger partial charge is 0.243 e. The summed E-state index contributed by atoms with van der Waals surface area (Å²) in [5, 5.41) is 30.2. The Morgan fingerprint density at radius 2 is 2.09 bits per heavy atom. The lowest BCUT2D eigenvalue weighted by atomic mass is 9.92. The maximum atomic E-state index is 12.3. The van der Waals surface area contributed by atoms with Gasteiger partial charge in [-0.2, -0.15) is 5.26 Å². The van der Waals surface area contributed by atoms with E-state index >= 15 is 0 Å². The monoisotopic (exact) mass is 325 g/mol. The van der Waals surface area contributed by atoms with Crippen molar-refractivity contribution in [3.05, 3.63) is 0 Å². The summed E-state index contributed by atoms with van der Waals surface area (Å²) < 4.78 is 5.37. The molecule has 0 aromatic carbocycles. The fraction of sp³-hybridized carbons (Fsp3) is 0.875. The lowest BCUT2D eigenvalue weighted by molar-refractivity contribution is -0.125. The highest BCUT2D eigenvalue weighted by molar-refractivity contribution is 5.82. The summed E-state index contributed by atoms with van der Waals surface area (Å²) in [7, 11) is 0. The predicted octanol–water partition coefficient (Wildman–Crippen LogP) is -0.0233. The Kier molecular flexibility index (Phi) is 7.09. The van der Waals surface area contributed by atoms with Gasteiger partial charge in [-0.3, -0.25) is 9.69 Å². The van der Waals surface area contributed by atoms with Gasteiger partial charge in [0.2, 0.25) is 5.91 Å². The Morgan fingerprint density at radius 1 is 1.35 bits per heavy atom. The van der Waals surface area contributed by atoms with Crippen LogP contribution < -0.4 is 5.32 Å². The molecule has 2 rings (SSSR count). The first-order valence-electron chi connectivity index (χ1n) is 8.48. The summed E-state index contributed by atoms with van der Waals surface area (Å²) >= 11 is 0. The summed E-state index contributed by atoms with van der Waals surface area (Å²) in [6.45, 7) is 1.58. The van der Waals surface area contributed by atoms with Gasteiger partial charge in [0.1, 0.15) is 6.04 Å². The average molecular weight is 325 g/mol. The maximum Gasteiger partial charge on any atom is 0.243 e. The van der Waals surface area contributed by atoms with Gasteiger partial charge in [-0.05, 0) is 44.4 Å². The van der Waals surface area contributed by atoms with Crippen molar-refractivity contribution in [2.75, 3.05) is 26.4 Å². The van der Waals surface area contributed by atoms with Crippen LogP contribution in [0, 0.1) is 17.4 Å². The highest BCUT2D eigenvalue weighted by atomic mass is 16.5. The van der Waals surface area contributed by atoms with E-state index in [1.54, 1.807) is 4.90 Å². The van der Waals surface area contributed by atoms with Crippen LogP contribution in [0.3, 0.4) is 0 Å². The van der Waals surface area contributed by atoms with Gasteiger partial charge in [0.05, 0.1) is 12.7 Å². The van der Waals surface area contributed by atoms with Crippen LogP contribution in [0.5, 0.6) is 0 Å². The Bertz CT molecular complexity index is 420. The minimum Gasteiger partial charge on any atom is -0.394 e. The van der Waals surface area contributed by atoms with Gasteiger partial charge in [-0.1, -0.05) is 0 Å². The number of ether oxygens (including phenoxy) is 1. The number of likely N-dealkylation sites (tertiary alicyclic amines) is 1. The van der Waals surface area contributed by atoms with Gasteiger partial charge < -0.3 is 20.3 Å². The number of carbonyl (C=O) groups excluding carboxylic acids is 1. The minimum atomic E-state index is -0.813. The standard InChI is InChI=1S/C16H27N3O4/c17-11-19-13(9-12-4-7-23-8-5-12)1-2-15(19)16(22)18-6-3-14(21)10-20/h12-15,20-21H,1-10H2,(H,18,22)/t13?,14-,15?/m0/s1. The molecular formula is C16H27N3O4. The summed E-state index contributed by atoms with van der Waals surface area (Å²) in [5.41, 5.74) is 0.